The molecule has 1 aromatic carbocycles. The highest BCUT2D eigenvalue weighted by Gasteiger charge is 2.52. The van der Waals surface area contributed by atoms with Crippen molar-refractivity contribution in [2.24, 2.45) is 0 Å². The Morgan fingerprint density at radius 3 is 2.16 bits per heavy atom. The highest BCUT2D eigenvalue weighted by molar-refractivity contribution is 6.61. The Bertz CT molecular complexity index is 1320. The minimum Gasteiger partial charge on any atom is -0.398 e. The van der Waals surface area contributed by atoms with Crippen LogP contribution in [0.4, 0.5) is 0 Å². The van der Waals surface area contributed by atoms with Crippen molar-refractivity contribution in [1.29, 1.82) is 0 Å². The Kier molecular flexibility index (Phi) is 4.43. The van der Waals surface area contributed by atoms with E-state index in [9.17, 15) is 0 Å². The Hall–Kier alpha value is -2.83. The van der Waals surface area contributed by atoms with E-state index in [-0.39, 0.29) is 0 Å². The molecule has 0 unspecified atom stereocenters. The van der Waals surface area contributed by atoms with Gasteiger partial charge in [-0.25, -0.2) is 0 Å². The molecule has 0 radical (unpaired) electrons. The van der Waals surface area contributed by atoms with E-state index in [0.717, 1.165) is 50.0 Å². The summed E-state index contributed by atoms with van der Waals surface area (Å²) in [5.74, 6) is 0. The average molecular weight is 411 g/mol. The van der Waals surface area contributed by atoms with Gasteiger partial charge in [0.25, 0.3) is 0 Å². The van der Waals surface area contributed by atoms with E-state index in [1.165, 1.54) is 0 Å². The van der Waals surface area contributed by atoms with E-state index in [2.05, 4.69) is 52.0 Å². The van der Waals surface area contributed by atoms with E-state index in [1.54, 1.807) is 0 Å². The molecule has 156 valence electrons. The summed E-state index contributed by atoms with van der Waals surface area (Å²) in [6.45, 7) is 12.2. The van der Waals surface area contributed by atoms with Crippen molar-refractivity contribution in [3.05, 3.63) is 59.9 Å². The third-order valence-corrected chi connectivity index (χ3v) is 6.45. The molecule has 5 rings (SSSR count). The zero-order valence-corrected chi connectivity index (χ0v) is 18.9. The molecule has 0 saturated carbocycles. The fourth-order valence-corrected chi connectivity index (χ4v) is 4.01. The molecule has 0 amide bonds. The minimum absolute atomic E-state index is 0.405. The predicted molar refractivity (Wildman–Crippen MR) is 125 cm³/mol. The summed E-state index contributed by atoms with van der Waals surface area (Å²) >= 11 is 0. The molecular formula is C25H26BN3O2. The van der Waals surface area contributed by atoms with Crippen LogP contribution in [0.5, 0.6) is 0 Å². The Balaban J connectivity index is 1.66. The van der Waals surface area contributed by atoms with Crippen molar-refractivity contribution in [3.63, 3.8) is 0 Å². The molecule has 0 N–H and O–H groups in total. The van der Waals surface area contributed by atoms with Crippen LogP contribution in [0.3, 0.4) is 0 Å². The van der Waals surface area contributed by atoms with Crippen LogP contribution >= 0.6 is 0 Å². The molecule has 0 atom stereocenters. The standard InChI is InChI=1S/C25H26BN3O2/c1-15-10-11-17-12-13-18-19(14-16(2)28-23(18)22(17)27-15)20-8-7-9-21(29-20)26-30-24(3,4)25(5,6)31-26/h7-14H,1-6H3. The number of hydrogen-bond acceptors (Lipinski definition) is 5. The molecule has 1 aliphatic heterocycles. The van der Waals surface area contributed by atoms with E-state index >= 15 is 0 Å². The fourth-order valence-electron chi connectivity index (χ4n) is 4.01. The Labute approximate surface area is 183 Å². The maximum Gasteiger partial charge on any atom is 0.514 e. The van der Waals surface area contributed by atoms with Gasteiger partial charge in [0.1, 0.15) is 0 Å². The van der Waals surface area contributed by atoms with Crippen LogP contribution in [0.15, 0.2) is 48.5 Å². The molecular weight excluding hydrogens is 385 g/mol. The molecule has 0 bridgehead atoms. The first-order valence-electron chi connectivity index (χ1n) is 10.7. The van der Waals surface area contributed by atoms with Crippen molar-refractivity contribution in [2.45, 2.75) is 52.7 Å². The minimum atomic E-state index is -0.496. The number of rotatable bonds is 2. The molecule has 4 heterocycles. The van der Waals surface area contributed by atoms with Gasteiger partial charge in [-0.1, -0.05) is 24.3 Å². The van der Waals surface area contributed by atoms with Crippen LogP contribution in [-0.4, -0.2) is 33.3 Å². The van der Waals surface area contributed by atoms with Crippen LogP contribution in [0, 0.1) is 13.8 Å². The van der Waals surface area contributed by atoms with Crippen LogP contribution < -0.4 is 5.59 Å². The van der Waals surface area contributed by atoms with Crippen LogP contribution in [0.25, 0.3) is 33.1 Å². The molecule has 0 aliphatic carbocycles. The first-order chi connectivity index (χ1) is 14.6. The lowest BCUT2D eigenvalue weighted by Gasteiger charge is -2.32. The molecule has 31 heavy (non-hydrogen) atoms. The fraction of sp³-hybridized carbons (Fsp3) is 0.320. The third kappa shape index (κ3) is 3.31. The van der Waals surface area contributed by atoms with Crippen molar-refractivity contribution in [1.82, 2.24) is 15.0 Å². The summed E-state index contributed by atoms with van der Waals surface area (Å²) in [6, 6.07) is 16.4. The molecule has 1 fully saturated rings. The third-order valence-electron chi connectivity index (χ3n) is 6.45. The maximum absolute atomic E-state index is 6.22. The quantitative estimate of drug-likeness (QED) is 0.352. The predicted octanol–water partition coefficient (Wildman–Crippen LogP) is 4.76. The largest absolute Gasteiger partial charge is 0.514 e. The molecule has 1 aliphatic rings. The van der Waals surface area contributed by atoms with E-state index < -0.39 is 18.3 Å². The number of pyridine rings is 3. The normalized spacial score (nSPS) is 17.5. The first kappa shape index (κ1) is 20.1. The molecule has 0 spiro atoms. The van der Waals surface area contributed by atoms with Gasteiger partial charge in [0.15, 0.2) is 0 Å². The number of hydrogen-bond donors (Lipinski definition) is 0. The average Bonchev–Trinajstić information content (AvgIpc) is 2.94. The van der Waals surface area contributed by atoms with Crippen LogP contribution in [-0.2, 0) is 9.31 Å². The number of aryl methyl sites for hydroxylation is 2. The van der Waals surface area contributed by atoms with Crippen molar-refractivity contribution in [2.75, 3.05) is 0 Å². The Morgan fingerprint density at radius 1 is 0.742 bits per heavy atom. The van der Waals surface area contributed by atoms with Gasteiger partial charge >= 0.3 is 7.12 Å². The molecule has 5 nitrogen and oxygen atoms in total. The van der Waals surface area contributed by atoms with Crippen LogP contribution in [0.1, 0.15) is 39.1 Å². The first-order valence-corrected chi connectivity index (χ1v) is 10.7. The maximum atomic E-state index is 6.22. The Morgan fingerprint density at radius 2 is 1.42 bits per heavy atom. The summed E-state index contributed by atoms with van der Waals surface area (Å²) in [5, 5.41) is 2.12. The molecule has 3 aromatic heterocycles. The second-order valence-corrected chi connectivity index (χ2v) is 9.33. The van der Waals surface area contributed by atoms with Gasteiger partial charge in [-0.05, 0) is 65.8 Å². The highest BCUT2D eigenvalue weighted by Crippen LogP contribution is 2.37. The van der Waals surface area contributed by atoms with Gasteiger partial charge in [-0.15, -0.1) is 0 Å². The molecule has 1 saturated heterocycles. The number of aromatic nitrogens is 3. The molecule has 4 aromatic rings. The van der Waals surface area contributed by atoms with E-state index in [1.807, 2.05) is 38.1 Å². The second kappa shape index (κ2) is 6.84. The van der Waals surface area contributed by atoms with Gasteiger partial charge in [0.2, 0.25) is 0 Å². The number of fused-ring (bicyclic) bond motifs is 3. The smallest absolute Gasteiger partial charge is 0.398 e. The van der Waals surface area contributed by atoms with Gasteiger partial charge in [0, 0.05) is 27.7 Å². The van der Waals surface area contributed by atoms with Crippen molar-refractivity contribution < 1.29 is 9.31 Å². The zero-order valence-electron chi connectivity index (χ0n) is 18.9. The van der Waals surface area contributed by atoms with Gasteiger partial charge < -0.3 is 9.31 Å². The number of benzene rings is 1. The summed E-state index contributed by atoms with van der Waals surface area (Å²) in [6.07, 6.45) is 0. The summed E-state index contributed by atoms with van der Waals surface area (Å²) in [4.78, 5) is 14.5. The lowest BCUT2D eigenvalue weighted by atomic mass is 9.84. The topological polar surface area (TPSA) is 57.1 Å². The van der Waals surface area contributed by atoms with Crippen molar-refractivity contribution >= 4 is 34.5 Å². The van der Waals surface area contributed by atoms with Crippen LogP contribution in [0.2, 0.25) is 0 Å². The van der Waals surface area contributed by atoms with Crippen molar-refractivity contribution in [3.8, 4) is 11.3 Å². The summed E-state index contributed by atoms with van der Waals surface area (Å²) < 4.78 is 12.4. The van der Waals surface area contributed by atoms with Gasteiger partial charge in [-0.2, -0.15) is 0 Å². The lowest BCUT2D eigenvalue weighted by Crippen LogP contribution is -2.41. The molecule has 6 heteroatoms. The summed E-state index contributed by atoms with van der Waals surface area (Å²) in [5.41, 5.74) is 5.60. The SMILES string of the molecule is Cc1ccc2ccc3c(-c4cccc(B5OC(C)(C)C(C)(C)O5)n4)cc(C)nc3c2n1. The van der Waals surface area contributed by atoms with Gasteiger partial charge in [-0.3, -0.25) is 15.0 Å². The number of nitrogens with zero attached hydrogens (tertiary/aromatic N) is 3. The van der Waals surface area contributed by atoms with E-state index in [4.69, 9.17) is 24.3 Å². The summed E-state index contributed by atoms with van der Waals surface area (Å²) in [7, 11) is -0.496. The second-order valence-electron chi connectivity index (χ2n) is 9.33. The van der Waals surface area contributed by atoms with E-state index in [0.29, 0.717) is 0 Å². The monoisotopic (exact) mass is 411 g/mol. The lowest BCUT2D eigenvalue weighted by molar-refractivity contribution is 0.00578. The highest BCUT2D eigenvalue weighted by atomic mass is 16.7. The van der Waals surface area contributed by atoms with Gasteiger partial charge in [0.05, 0.1) is 33.5 Å². The zero-order chi connectivity index (χ0) is 22.0.